The van der Waals surface area contributed by atoms with Crippen molar-refractivity contribution in [2.24, 2.45) is 5.73 Å². The largest absolute Gasteiger partial charge is 0.351 e. The van der Waals surface area contributed by atoms with Crippen molar-refractivity contribution < 1.29 is 18.0 Å². The number of hydrogen-bond donors (Lipinski definition) is 2. The lowest BCUT2D eigenvalue weighted by molar-refractivity contribution is -0.117. The number of hydrogen-bond acceptors (Lipinski definition) is 4. The van der Waals surface area contributed by atoms with E-state index in [4.69, 9.17) is 5.73 Å². The highest BCUT2D eigenvalue weighted by Crippen LogP contribution is 2.17. The smallest absolute Gasteiger partial charge is 0.334 e. The van der Waals surface area contributed by atoms with Crippen molar-refractivity contribution in [3.8, 4) is 0 Å². The van der Waals surface area contributed by atoms with Gasteiger partial charge in [-0.2, -0.15) is 12.7 Å². The fourth-order valence-electron chi connectivity index (χ4n) is 1.30. The maximum Gasteiger partial charge on any atom is 0.334 e. The molecule has 8 heteroatoms. The molecule has 98 valence electrons. The zero-order valence-electron chi connectivity index (χ0n) is 9.66. The molecule has 0 saturated carbocycles. The van der Waals surface area contributed by atoms with Crippen molar-refractivity contribution in [1.29, 1.82) is 0 Å². The minimum Gasteiger partial charge on any atom is -0.351 e. The number of carbonyl (C=O) groups is 2. The van der Waals surface area contributed by atoms with E-state index in [1.54, 1.807) is 22.9 Å². The zero-order chi connectivity index (χ0) is 13.8. The molecule has 0 aliphatic heterocycles. The molecule has 3 amide bonds. The van der Waals surface area contributed by atoms with Crippen LogP contribution >= 0.6 is 0 Å². The van der Waals surface area contributed by atoms with Crippen LogP contribution in [0.4, 0.5) is 10.5 Å². The maximum absolute atomic E-state index is 11.8. The highest BCUT2D eigenvalue weighted by atomic mass is 32.2. The van der Waals surface area contributed by atoms with Gasteiger partial charge in [0.15, 0.2) is 0 Å². The standard InChI is InChI=1S/C10H13N3O4S/c1-2-9(14)13(8-6-4-3-5-7-8)18(16,17)12-10(11)15/h3-7H,2H2,1H3,(H3,11,12,15). The van der Waals surface area contributed by atoms with Crippen LogP contribution < -0.4 is 14.8 Å². The number of nitrogens with zero attached hydrogens (tertiary/aromatic N) is 1. The van der Waals surface area contributed by atoms with Crippen LogP contribution in [0.5, 0.6) is 0 Å². The molecule has 0 aliphatic rings. The number of amides is 3. The zero-order valence-corrected chi connectivity index (χ0v) is 10.5. The summed E-state index contributed by atoms with van der Waals surface area (Å²) in [7, 11) is -4.33. The summed E-state index contributed by atoms with van der Waals surface area (Å²) in [5.41, 5.74) is 4.91. The summed E-state index contributed by atoms with van der Waals surface area (Å²) in [6.45, 7) is 1.51. The molecule has 0 radical (unpaired) electrons. The van der Waals surface area contributed by atoms with Crippen LogP contribution in [-0.4, -0.2) is 20.4 Å². The molecule has 0 heterocycles. The molecule has 0 unspecified atom stereocenters. The molecule has 1 aromatic carbocycles. The van der Waals surface area contributed by atoms with Crippen LogP contribution in [0.2, 0.25) is 0 Å². The Hall–Kier alpha value is -2.09. The van der Waals surface area contributed by atoms with Crippen molar-refractivity contribution in [3.63, 3.8) is 0 Å². The van der Waals surface area contributed by atoms with E-state index in [9.17, 15) is 18.0 Å². The molecule has 3 N–H and O–H groups in total. The molecule has 0 aromatic heterocycles. The maximum atomic E-state index is 11.8. The lowest BCUT2D eigenvalue weighted by atomic mass is 10.3. The van der Waals surface area contributed by atoms with Gasteiger partial charge in [-0.15, -0.1) is 0 Å². The van der Waals surface area contributed by atoms with Crippen molar-refractivity contribution in [2.45, 2.75) is 13.3 Å². The summed E-state index contributed by atoms with van der Waals surface area (Å²) in [5, 5.41) is 0. The Labute approximate surface area is 105 Å². The summed E-state index contributed by atoms with van der Waals surface area (Å²) in [6.07, 6.45) is -0.0332. The van der Waals surface area contributed by atoms with Gasteiger partial charge in [-0.25, -0.2) is 9.52 Å². The Bertz CT molecular complexity index is 542. The van der Waals surface area contributed by atoms with E-state index in [0.717, 1.165) is 0 Å². The summed E-state index contributed by atoms with van der Waals surface area (Å²) in [4.78, 5) is 22.4. The second-order valence-electron chi connectivity index (χ2n) is 3.32. The Morgan fingerprint density at radius 3 is 2.28 bits per heavy atom. The van der Waals surface area contributed by atoms with Crippen LogP contribution in [0.1, 0.15) is 13.3 Å². The monoisotopic (exact) mass is 271 g/mol. The molecule has 0 saturated heterocycles. The highest BCUT2D eigenvalue weighted by molar-refractivity contribution is 7.92. The minimum absolute atomic E-state index is 0.0332. The van der Waals surface area contributed by atoms with E-state index < -0.39 is 22.1 Å². The Kier molecular flexibility index (Phi) is 4.27. The minimum atomic E-state index is -4.33. The highest BCUT2D eigenvalue weighted by Gasteiger charge is 2.28. The van der Waals surface area contributed by atoms with Gasteiger partial charge in [0.05, 0.1) is 5.69 Å². The SMILES string of the molecule is CCC(=O)N(c1ccccc1)S(=O)(=O)NC(N)=O. The number of anilines is 1. The first-order valence-electron chi connectivity index (χ1n) is 5.09. The van der Waals surface area contributed by atoms with Crippen LogP contribution in [0.3, 0.4) is 0 Å². The van der Waals surface area contributed by atoms with Crippen molar-refractivity contribution in [3.05, 3.63) is 30.3 Å². The summed E-state index contributed by atoms with van der Waals surface area (Å²) in [5.74, 6) is -0.671. The van der Waals surface area contributed by atoms with Gasteiger partial charge in [-0.3, -0.25) is 4.79 Å². The van der Waals surface area contributed by atoms with E-state index in [2.05, 4.69) is 0 Å². The molecule has 0 atom stereocenters. The number of carbonyl (C=O) groups excluding carboxylic acids is 2. The second-order valence-corrected chi connectivity index (χ2v) is 4.84. The predicted octanol–water partition coefficient (Wildman–Crippen LogP) is 0.343. The quantitative estimate of drug-likeness (QED) is 0.822. The van der Waals surface area contributed by atoms with Crippen molar-refractivity contribution in [2.75, 3.05) is 4.31 Å². The van der Waals surface area contributed by atoms with Crippen LogP contribution in [0.25, 0.3) is 0 Å². The fourth-order valence-corrected chi connectivity index (χ4v) is 2.44. The lowest BCUT2D eigenvalue weighted by Gasteiger charge is -2.21. The molecule has 0 fully saturated rings. The van der Waals surface area contributed by atoms with E-state index in [-0.39, 0.29) is 12.1 Å². The van der Waals surface area contributed by atoms with Gasteiger partial charge in [0, 0.05) is 6.42 Å². The van der Waals surface area contributed by atoms with Gasteiger partial charge in [0.2, 0.25) is 5.91 Å². The van der Waals surface area contributed by atoms with E-state index in [0.29, 0.717) is 4.31 Å². The molecule has 0 aliphatic carbocycles. The average molecular weight is 271 g/mol. The number of benzene rings is 1. The van der Waals surface area contributed by atoms with E-state index in [1.165, 1.54) is 19.1 Å². The van der Waals surface area contributed by atoms with Crippen molar-refractivity contribution >= 4 is 27.8 Å². The first-order chi connectivity index (χ1) is 8.38. The third-order valence-electron chi connectivity index (χ3n) is 1.99. The molecular weight excluding hydrogens is 258 g/mol. The summed E-state index contributed by atoms with van der Waals surface area (Å²) < 4.78 is 25.7. The molecule has 1 aromatic rings. The molecule has 0 bridgehead atoms. The topological polar surface area (TPSA) is 110 Å². The second kappa shape index (κ2) is 5.50. The van der Waals surface area contributed by atoms with Gasteiger partial charge in [-0.1, -0.05) is 25.1 Å². The number of para-hydroxylation sites is 1. The third-order valence-corrected chi connectivity index (χ3v) is 3.34. The van der Waals surface area contributed by atoms with Crippen LogP contribution in [0, 0.1) is 0 Å². The number of rotatable bonds is 4. The van der Waals surface area contributed by atoms with Crippen LogP contribution in [0.15, 0.2) is 30.3 Å². The number of nitrogens with one attached hydrogen (secondary N) is 1. The molecular formula is C10H13N3O4S. The van der Waals surface area contributed by atoms with Gasteiger partial charge in [0.1, 0.15) is 0 Å². The summed E-state index contributed by atoms with van der Waals surface area (Å²) >= 11 is 0. The normalized spacial score (nSPS) is 10.7. The summed E-state index contributed by atoms with van der Waals surface area (Å²) in [6, 6.07) is 6.45. The number of urea groups is 1. The fraction of sp³-hybridized carbons (Fsp3) is 0.200. The van der Waals surface area contributed by atoms with Gasteiger partial charge < -0.3 is 5.73 Å². The molecule has 1 rings (SSSR count). The van der Waals surface area contributed by atoms with Crippen LogP contribution in [-0.2, 0) is 15.0 Å². The lowest BCUT2D eigenvalue weighted by Crippen LogP contribution is -2.48. The van der Waals surface area contributed by atoms with Gasteiger partial charge >= 0.3 is 16.2 Å². The Morgan fingerprint density at radius 2 is 1.83 bits per heavy atom. The van der Waals surface area contributed by atoms with Gasteiger partial charge in [0.25, 0.3) is 0 Å². The molecule has 18 heavy (non-hydrogen) atoms. The Morgan fingerprint density at radius 1 is 1.28 bits per heavy atom. The average Bonchev–Trinajstić information content (AvgIpc) is 2.28. The Balaban J connectivity index is 3.23. The third kappa shape index (κ3) is 3.20. The first-order valence-corrected chi connectivity index (χ1v) is 6.53. The number of primary amides is 1. The van der Waals surface area contributed by atoms with E-state index in [1.807, 2.05) is 0 Å². The molecule has 0 spiro atoms. The predicted molar refractivity (Wildman–Crippen MR) is 65.9 cm³/mol. The molecule has 7 nitrogen and oxygen atoms in total. The van der Waals surface area contributed by atoms with Gasteiger partial charge in [-0.05, 0) is 12.1 Å². The number of nitrogens with two attached hydrogens (primary N) is 1. The van der Waals surface area contributed by atoms with Crippen molar-refractivity contribution in [1.82, 2.24) is 4.72 Å². The first kappa shape index (κ1) is 14.0. The van der Waals surface area contributed by atoms with E-state index >= 15 is 0 Å².